The SMILES string of the molecule is CCCNC(c1cccc(C)c1)C1CC(C)(C)OC1(C)C. The maximum atomic E-state index is 6.32. The minimum absolute atomic E-state index is 0.0376. The predicted molar refractivity (Wildman–Crippen MR) is 89.6 cm³/mol. The highest BCUT2D eigenvalue weighted by atomic mass is 16.5. The zero-order valence-corrected chi connectivity index (χ0v) is 14.5. The van der Waals surface area contributed by atoms with E-state index in [0.29, 0.717) is 12.0 Å². The van der Waals surface area contributed by atoms with Gasteiger partial charge in [-0.05, 0) is 59.6 Å². The Morgan fingerprint density at radius 2 is 2.00 bits per heavy atom. The van der Waals surface area contributed by atoms with Crippen molar-refractivity contribution in [3.63, 3.8) is 0 Å². The molecule has 21 heavy (non-hydrogen) atoms. The van der Waals surface area contributed by atoms with Gasteiger partial charge in [-0.3, -0.25) is 0 Å². The Labute approximate surface area is 130 Å². The van der Waals surface area contributed by atoms with Crippen molar-refractivity contribution in [2.75, 3.05) is 6.54 Å². The minimum Gasteiger partial charge on any atom is -0.369 e. The van der Waals surface area contributed by atoms with Gasteiger partial charge in [0.2, 0.25) is 0 Å². The van der Waals surface area contributed by atoms with Crippen LogP contribution in [0.5, 0.6) is 0 Å². The summed E-state index contributed by atoms with van der Waals surface area (Å²) in [5, 5.41) is 3.77. The van der Waals surface area contributed by atoms with Gasteiger partial charge in [0.05, 0.1) is 11.2 Å². The summed E-state index contributed by atoms with van der Waals surface area (Å²) in [7, 11) is 0. The molecule has 2 rings (SSSR count). The van der Waals surface area contributed by atoms with Crippen LogP contribution >= 0.6 is 0 Å². The molecular formula is C19H31NO. The van der Waals surface area contributed by atoms with E-state index in [9.17, 15) is 0 Å². The number of hydrogen-bond acceptors (Lipinski definition) is 2. The van der Waals surface area contributed by atoms with Crippen molar-refractivity contribution >= 4 is 0 Å². The third-order valence-corrected chi connectivity index (χ3v) is 4.56. The van der Waals surface area contributed by atoms with Gasteiger partial charge in [0, 0.05) is 12.0 Å². The molecule has 1 fully saturated rings. The zero-order chi connectivity index (χ0) is 15.7. The Morgan fingerprint density at radius 1 is 1.29 bits per heavy atom. The van der Waals surface area contributed by atoms with E-state index < -0.39 is 0 Å². The van der Waals surface area contributed by atoms with E-state index in [2.05, 4.69) is 71.1 Å². The Hall–Kier alpha value is -0.860. The highest BCUT2D eigenvalue weighted by Gasteiger charge is 2.49. The smallest absolute Gasteiger partial charge is 0.0681 e. The van der Waals surface area contributed by atoms with Crippen LogP contribution < -0.4 is 5.32 Å². The van der Waals surface area contributed by atoms with E-state index >= 15 is 0 Å². The van der Waals surface area contributed by atoms with Gasteiger partial charge in [-0.25, -0.2) is 0 Å². The van der Waals surface area contributed by atoms with Gasteiger partial charge in [0.15, 0.2) is 0 Å². The highest BCUT2D eigenvalue weighted by molar-refractivity contribution is 5.27. The molecule has 0 saturated carbocycles. The van der Waals surface area contributed by atoms with E-state index in [-0.39, 0.29) is 11.2 Å². The molecule has 0 aromatic heterocycles. The van der Waals surface area contributed by atoms with Gasteiger partial charge in [0.1, 0.15) is 0 Å². The quantitative estimate of drug-likeness (QED) is 0.853. The number of benzene rings is 1. The van der Waals surface area contributed by atoms with Gasteiger partial charge >= 0.3 is 0 Å². The van der Waals surface area contributed by atoms with Crippen molar-refractivity contribution < 1.29 is 4.74 Å². The summed E-state index contributed by atoms with van der Waals surface area (Å²) in [6, 6.07) is 9.26. The van der Waals surface area contributed by atoms with Crippen molar-refractivity contribution in [3.8, 4) is 0 Å². The molecule has 0 spiro atoms. The van der Waals surface area contributed by atoms with Crippen molar-refractivity contribution in [2.24, 2.45) is 5.92 Å². The van der Waals surface area contributed by atoms with Gasteiger partial charge in [-0.1, -0.05) is 36.8 Å². The average Bonchev–Trinajstić information content (AvgIpc) is 2.58. The summed E-state index contributed by atoms with van der Waals surface area (Å²) >= 11 is 0. The molecular weight excluding hydrogens is 258 g/mol. The lowest BCUT2D eigenvalue weighted by Crippen LogP contribution is -2.38. The second kappa shape index (κ2) is 6.10. The molecule has 118 valence electrons. The van der Waals surface area contributed by atoms with Crippen LogP contribution in [0.4, 0.5) is 0 Å². The second-order valence-corrected chi connectivity index (χ2v) is 7.62. The second-order valence-electron chi connectivity index (χ2n) is 7.62. The number of rotatable bonds is 5. The topological polar surface area (TPSA) is 21.3 Å². The number of aryl methyl sites for hydroxylation is 1. The zero-order valence-electron chi connectivity index (χ0n) is 14.5. The van der Waals surface area contributed by atoms with Crippen LogP contribution in [0.25, 0.3) is 0 Å². The summed E-state index contributed by atoms with van der Waals surface area (Å²) in [5.41, 5.74) is 2.58. The van der Waals surface area contributed by atoms with Crippen LogP contribution in [0.2, 0.25) is 0 Å². The molecule has 2 nitrogen and oxygen atoms in total. The van der Waals surface area contributed by atoms with Crippen LogP contribution in [0, 0.1) is 12.8 Å². The molecule has 0 radical (unpaired) electrons. The predicted octanol–water partition coefficient (Wildman–Crippen LogP) is 4.63. The lowest BCUT2D eigenvalue weighted by Gasteiger charge is -2.34. The Morgan fingerprint density at radius 3 is 2.52 bits per heavy atom. The molecule has 1 aliphatic heterocycles. The van der Waals surface area contributed by atoms with Gasteiger partial charge in [-0.2, -0.15) is 0 Å². The maximum Gasteiger partial charge on any atom is 0.0681 e. The molecule has 1 N–H and O–H groups in total. The monoisotopic (exact) mass is 289 g/mol. The van der Waals surface area contributed by atoms with Crippen molar-refractivity contribution in [1.82, 2.24) is 5.32 Å². The molecule has 0 aliphatic carbocycles. The highest BCUT2D eigenvalue weighted by Crippen LogP contribution is 2.47. The van der Waals surface area contributed by atoms with Gasteiger partial charge in [0.25, 0.3) is 0 Å². The van der Waals surface area contributed by atoms with Gasteiger partial charge < -0.3 is 10.1 Å². The fourth-order valence-electron chi connectivity index (χ4n) is 3.78. The Bertz CT molecular complexity index is 478. The largest absolute Gasteiger partial charge is 0.369 e. The van der Waals surface area contributed by atoms with Crippen molar-refractivity contribution in [3.05, 3.63) is 35.4 Å². The standard InChI is InChI=1S/C19H31NO/c1-7-11-20-17(15-10-8-9-14(2)12-15)16-13-18(3,4)21-19(16,5)6/h8-10,12,16-17,20H,7,11,13H2,1-6H3. The molecule has 0 bridgehead atoms. The third kappa shape index (κ3) is 3.87. The molecule has 0 amide bonds. The summed E-state index contributed by atoms with van der Waals surface area (Å²) in [4.78, 5) is 0. The summed E-state index contributed by atoms with van der Waals surface area (Å²) < 4.78 is 6.32. The number of nitrogens with one attached hydrogen (secondary N) is 1. The van der Waals surface area contributed by atoms with E-state index in [0.717, 1.165) is 19.4 Å². The fraction of sp³-hybridized carbons (Fsp3) is 0.684. The van der Waals surface area contributed by atoms with E-state index in [1.807, 2.05) is 0 Å². The number of ether oxygens (including phenoxy) is 1. The summed E-state index contributed by atoms with van der Waals surface area (Å²) in [6.07, 6.45) is 2.25. The lowest BCUT2D eigenvalue weighted by atomic mass is 9.78. The van der Waals surface area contributed by atoms with Crippen molar-refractivity contribution in [2.45, 2.75) is 71.6 Å². The molecule has 1 heterocycles. The van der Waals surface area contributed by atoms with Crippen molar-refractivity contribution in [1.29, 1.82) is 0 Å². The molecule has 1 aliphatic rings. The first kappa shape index (κ1) is 16.5. The first-order valence-electron chi connectivity index (χ1n) is 8.25. The fourth-order valence-corrected chi connectivity index (χ4v) is 3.78. The minimum atomic E-state index is -0.0986. The van der Waals surface area contributed by atoms with E-state index in [1.54, 1.807) is 0 Å². The normalized spacial score (nSPS) is 25.0. The summed E-state index contributed by atoms with van der Waals surface area (Å²) in [6.45, 7) is 14.3. The maximum absolute atomic E-state index is 6.32. The van der Waals surface area contributed by atoms with E-state index in [1.165, 1.54) is 11.1 Å². The van der Waals surface area contributed by atoms with Crippen LogP contribution in [0.15, 0.2) is 24.3 Å². The first-order chi connectivity index (χ1) is 9.75. The van der Waals surface area contributed by atoms with Gasteiger partial charge in [-0.15, -0.1) is 0 Å². The van der Waals surface area contributed by atoms with Crippen LogP contribution in [0.3, 0.4) is 0 Å². The Kier molecular flexibility index (Phi) is 4.79. The van der Waals surface area contributed by atoms with Crippen LogP contribution in [0.1, 0.15) is 64.6 Å². The molecule has 2 heteroatoms. The molecule has 1 aromatic carbocycles. The van der Waals surface area contributed by atoms with Crippen LogP contribution in [-0.4, -0.2) is 17.7 Å². The number of hydrogen-bond donors (Lipinski definition) is 1. The lowest BCUT2D eigenvalue weighted by molar-refractivity contribution is -0.0778. The van der Waals surface area contributed by atoms with E-state index in [4.69, 9.17) is 4.74 Å². The molecule has 2 atom stereocenters. The third-order valence-electron chi connectivity index (χ3n) is 4.56. The molecule has 1 saturated heterocycles. The molecule has 2 unspecified atom stereocenters. The Balaban J connectivity index is 2.32. The first-order valence-corrected chi connectivity index (χ1v) is 8.25. The average molecular weight is 289 g/mol. The van der Waals surface area contributed by atoms with Crippen LogP contribution in [-0.2, 0) is 4.74 Å². The molecule has 1 aromatic rings. The summed E-state index contributed by atoms with van der Waals surface area (Å²) in [5.74, 6) is 0.487.